The number of nitrogens with one attached hydrogen (secondary N) is 1. The molecule has 5 nitrogen and oxygen atoms in total. The van der Waals surface area contributed by atoms with Crippen LogP contribution in [0.25, 0.3) is 0 Å². The van der Waals surface area contributed by atoms with E-state index in [-0.39, 0.29) is 17.3 Å². The minimum Gasteiger partial charge on any atom is -0.386 e. The number of carbonyl (C=O) groups excluding carboxylic acids is 1. The zero-order valence-electron chi connectivity index (χ0n) is 14.7. The van der Waals surface area contributed by atoms with Crippen molar-refractivity contribution in [3.63, 3.8) is 0 Å². The van der Waals surface area contributed by atoms with E-state index in [9.17, 15) is 14.3 Å². The van der Waals surface area contributed by atoms with Crippen LogP contribution in [0.15, 0.2) is 30.3 Å². The fourth-order valence-corrected chi connectivity index (χ4v) is 2.57. The molecule has 0 fully saturated rings. The van der Waals surface area contributed by atoms with Crippen LogP contribution in [0.2, 0.25) is 0 Å². The Balaban J connectivity index is 2.10. The van der Waals surface area contributed by atoms with Crippen molar-refractivity contribution in [2.75, 3.05) is 0 Å². The topological polar surface area (TPSA) is 67.2 Å². The van der Waals surface area contributed by atoms with Crippen molar-refractivity contribution in [1.29, 1.82) is 0 Å². The highest BCUT2D eigenvalue weighted by molar-refractivity contribution is 5.92. The zero-order valence-corrected chi connectivity index (χ0v) is 14.7. The van der Waals surface area contributed by atoms with Gasteiger partial charge in [0.2, 0.25) is 0 Å². The van der Waals surface area contributed by atoms with Crippen LogP contribution in [0.3, 0.4) is 0 Å². The molecule has 2 rings (SSSR count). The fourth-order valence-electron chi connectivity index (χ4n) is 2.57. The van der Waals surface area contributed by atoms with Gasteiger partial charge in [0.25, 0.3) is 5.91 Å². The summed E-state index contributed by atoms with van der Waals surface area (Å²) in [6, 6.07) is 6.74. The van der Waals surface area contributed by atoms with Crippen LogP contribution < -0.4 is 5.32 Å². The number of aliphatic hydroxyl groups excluding tert-OH is 1. The van der Waals surface area contributed by atoms with E-state index in [0.717, 1.165) is 5.69 Å². The van der Waals surface area contributed by atoms with Gasteiger partial charge in [0, 0.05) is 5.69 Å². The number of aryl methyl sites for hydroxylation is 1. The third-order valence-corrected chi connectivity index (χ3v) is 3.80. The zero-order chi connectivity index (χ0) is 18.1. The van der Waals surface area contributed by atoms with E-state index in [0.29, 0.717) is 11.3 Å². The molecule has 2 N–H and O–H groups in total. The molecule has 0 aliphatic heterocycles. The van der Waals surface area contributed by atoms with Crippen molar-refractivity contribution in [2.45, 2.75) is 52.3 Å². The Labute approximate surface area is 141 Å². The number of halogens is 1. The smallest absolute Gasteiger partial charge is 0.272 e. The number of nitrogens with zero attached hydrogens (tertiary/aromatic N) is 2. The van der Waals surface area contributed by atoms with Gasteiger partial charge in [0.05, 0.1) is 17.7 Å². The van der Waals surface area contributed by atoms with Gasteiger partial charge >= 0.3 is 0 Å². The molecule has 0 aliphatic carbocycles. The molecule has 0 radical (unpaired) electrons. The second kappa shape index (κ2) is 6.73. The summed E-state index contributed by atoms with van der Waals surface area (Å²) in [5, 5.41) is 17.4. The largest absolute Gasteiger partial charge is 0.386 e. The minimum absolute atomic E-state index is 0.220. The summed E-state index contributed by atoms with van der Waals surface area (Å²) in [6.07, 6.45) is -0.930. The first-order valence-corrected chi connectivity index (χ1v) is 7.91. The Morgan fingerprint density at radius 3 is 2.38 bits per heavy atom. The maximum absolute atomic E-state index is 13.0. The van der Waals surface area contributed by atoms with Crippen LogP contribution in [-0.4, -0.2) is 26.8 Å². The molecule has 0 saturated heterocycles. The van der Waals surface area contributed by atoms with Gasteiger partial charge in [-0.15, -0.1) is 0 Å². The number of rotatable bonds is 4. The maximum Gasteiger partial charge on any atom is 0.272 e. The summed E-state index contributed by atoms with van der Waals surface area (Å²) in [4.78, 5) is 12.4. The number of aliphatic hydroxyl groups is 1. The summed E-state index contributed by atoms with van der Waals surface area (Å²) in [5.41, 5.74) is 1.52. The highest BCUT2D eigenvalue weighted by Crippen LogP contribution is 2.19. The fraction of sp³-hybridized carbons (Fsp3) is 0.444. The molecule has 0 bridgehead atoms. The molecule has 1 heterocycles. The summed E-state index contributed by atoms with van der Waals surface area (Å²) in [5.74, 6) is -0.722. The van der Waals surface area contributed by atoms with E-state index in [1.165, 1.54) is 24.3 Å². The summed E-state index contributed by atoms with van der Waals surface area (Å²) < 4.78 is 14.8. The molecule has 130 valence electrons. The molecule has 2 unspecified atom stereocenters. The molecule has 0 aliphatic rings. The third-order valence-electron chi connectivity index (χ3n) is 3.80. The van der Waals surface area contributed by atoms with Crippen LogP contribution in [0.1, 0.15) is 55.5 Å². The van der Waals surface area contributed by atoms with Crippen molar-refractivity contribution < 1.29 is 14.3 Å². The van der Waals surface area contributed by atoms with Crippen molar-refractivity contribution in [1.82, 2.24) is 15.1 Å². The van der Waals surface area contributed by atoms with Crippen LogP contribution in [0.4, 0.5) is 4.39 Å². The number of carbonyl (C=O) groups is 1. The van der Waals surface area contributed by atoms with Crippen molar-refractivity contribution in [3.8, 4) is 0 Å². The van der Waals surface area contributed by atoms with Gasteiger partial charge in [0.1, 0.15) is 11.5 Å². The molecule has 6 heteroatoms. The number of hydrogen-bond acceptors (Lipinski definition) is 3. The second-order valence-corrected chi connectivity index (χ2v) is 7.01. The Morgan fingerprint density at radius 1 is 1.29 bits per heavy atom. The average Bonchev–Trinajstić information content (AvgIpc) is 2.89. The summed E-state index contributed by atoms with van der Waals surface area (Å²) >= 11 is 0. The van der Waals surface area contributed by atoms with Crippen LogP contribution in [0.5, 0.6) is 0 Å². The summed E-state index contributed by atoms with van der Waals surface area (Å²) in [6.45, 7) is 9.62. The highest BCUT2D eigenvalue weighted by Gasteiger charge is 2.23. The highest BCUT2D eigenvalue weighted by atomic mass is 19.1. The lowest BCUT2D eigenvalue weighted by Crippen LogP contribution is -2.37. The molecule has 1 aromatic heterocycles. The molecule has 1 amide bonds. The molecule has 1 aromatic carbocycles. The van der Waals surface area contributed by atoms with Crippen LogP contribution in [-0.2, 0) is 5.54 Å². The van der Waals surface area contributed by atoms with Crippen LogP contribution >= 0.6 is 0 Å². The van der Waals surface area contributed by atoms with Gasteiger partial charge in [-0.25, -0.2) is 4.39 Å². The van der Waals surface area contributed by atoms with E-state index in [1.807, 2.05) is 27.7 Å². The van der Waals surface area contributed by atoms with E-state index >= 15 is 0 Å². The number of benzene rings is 1. The number of hydrogen-bond donors (Lipinski definition) is 2. The normalized spacial score (nSPS) is 14.3. The van der Waals surface area contributed by atoms with E-state index in [4.69, 9.17) is 0 Å². The maximum atomic E-state index is 13.0. The predicted octanol–water partition coefficient (Wildman–Crippen LogP) is 2.94. The second-order valence-electron chi connectivity index (χ2n) is 7.01. The standard InChI is InChI=1S/C18H24FN3O2/c1-11-10-15(21-22(11)18(3,4)5)17(24)20-12(2)16(23)13-6-8-14(19)9-7-13/h6-10,12,16,23H,1-5H3,(H,20,24). The van der Waals surface area contributed by atoms with Crippen molar-refractivity contribution in [2.24, 2.45) is 0 Å². The van der Waals surface area contributed by atoms with Crippen molar-refractivity contribution >= 4 is 5.91 Å². The molecule has 24 heavy (non-hydrogen) atoms. The van der Waals surface area contributed by atoms with Crippen molar-refractivity contribution in [3.05, 3.63) is 53.1 Å². The Hall–Kier alpha value is -2.21. The third kappa shape index (κ3) is 4.00. The Kier molecular flexibility index (Phi) is 5.08. The minimum atomic E-state index is -0.930. The van der Waals surface area contributed by atoms with Gasteiger partial charge < -0.3 is 10.4 Å². The monoisotopic (exact) mass is 333 g/mol. The number of aromatic nitrogens is 2. The molecular weight excluding hydrogens is 309 g/mol. The lowest BCUT2D eigenvalue weighted by Gasteiger charge is -2.21. The van der Waals surface area contributed by atoms with E-state index in [1.54, 1.807) is 17.7 Å². The SMILES string of the molecule is Cc1cc(C(=O)NC(C)C(O)c2ccc(F)cc2)nn1C(C)(C)C. The van der Waals surface area contributed by atoms with E-state index in [2.05, 4.69) is 10.4 Å². The Bertz CT molecular complexity index is 717. The van der Waals surface area contributed by atoms with Gasteiger partial charge in [-0.05, 0) is 58.4 Å². The molecular formula is C18H24FN3O2. The van der Waals surface area contributed by atoms with Crippen LogP contribution in [0, 0.1) is 12.7 Å². The van der Waals surface area contributed by atoms with Gasteiger partial charge in [-0.3, -0.25) is 9.48 Å². The molecule has 0 spiro atoms. The van der Waals surface area contributed by atoms with Gasteiger partial charge in [-0.1, -0.05) is 12.1 Å². The first kappa shape index (κ1) is 18.1. The van der Waals surface area contributed by atoms with E-state index < -0.39 is 12.1 Å². The Morgan fingerprint density at radius 2 is 1.88 bits per heavy atom. The molecule has 2 aromatic rings. The number of amides is 1. The average molecular weight is 333 g/mol. The first-order valence-electron chi connectivity index (χ1n) is 7.91. The van der Waals surface area contributed by atoms with Gasteiger partial charge in [0.15, 0.2) is 0 Å². The first-order chi connectivity index (χ1) is 11.1. The quantitative estimate of drug-likeness (QED) is 0.904. The lowest BCUT2D eigenvalue weighted by molar-refractivity contribution is 0.0845. The van der Waals surface area contributed by atoms with Gasteiger partial charge in [-0.2, -0.15) is 5.10 Å². The molecule has 2 atom stereocenters. The lowest BCUT2D eigenvalue weighted by atomic mass is 10.0. The molecule has 0 saturated carbocycles. The summed E-state index contributed by atoms with van der Waals surface area (Å²) in [7, 11) is 0. The predicted molar refractivity (Wildman–Crippen MR) is 90.2 cm³/mol.